The molecule has 0 unspecified atom stereocenters. The minimum Gasteiger partial charge on any atom is -0.456 e. The van der Waals surface area contributed by atoms with Crippen molar-refractivity contribution in [2.45, 2.75) is 38.8 Å². The summed E-state index contributed by atoms with van der Waals surface area (Å²) in [7, 11) is 0. The second-order valence-electron chi connectivity index (χ2n) is 8.64. The van der Waals surface area contributed by atoms with Crippen molar-refractivity contribution in [3.63, 3.8) is 0 Å². The summed E-state index contributed by atoms with van der Waals surface area (Å²) >= 11 is 0. The number of morpholine rings is 1. The van der Waals surface area contributed by atoms with Gasteiger partial charge in [-0.2, -0.15) is 0 Å². The smallest absolute Gasteiger partial charge is 0.338 e. The van der Waals surface area contributed by atoms with E-state index in [9.17, 15) is 14.4 Å². The molecule has 0 saturated carbocycles. The van der Waals surface area contributed by atoms with E-state index in [0.717, 1.165) is 11.3 Å². The number of nitrogens with zero attached hydrogens (tertiary/aromatic N) is 1. The van der Waals surface area contributed by atoms with Gasteiger partial charge in [0.2, 0.25) is 5.91 Å². The molecule has 8 heteroatoms. The van der Waals surface area contributed by atoms with Crippen LogP contribution in [0.4, 0.5) is 11.4 Å². The van der Waals surface area contributed by atoms with Gasteiger partial charge in [-0.05, 0) is 69.2 Å². The van der Waals surface area contributed by atoms with Crippen LogP contribution in [0.1, 0.15) is 36.7 Å². The number of carbonyl (C=O) groups is 3. The second-order valence-corrected chi connectivity index (χ2v) is 8.64. The van der Waals surface area contributed by atoms with Crippen molar-refractivity contribution < 1.29 is 23.9 Å². The van der Waals surface area contributed by atoms with E-state index in [1.54, 1.807) is 49.9 Å². The molecule has 0 aliphatic carbocycles. The zero-order chi connectivity index (χ0) is 23.3. The number of amides is 2. The summed E-state index contributed by atoms with van der Waals surface area (Å²) < 4.78 is 10.5. The lowest BCUT2D eigenvalue weighted by Gasteiger charge is -2.27. The molecule has 2 amide bonds. The van der Waals surface area contributed by atoms with E-state index < -0.39 is 17.6 Å². The maximum atomic E-state index is 12.5. The molecule has 1 atom stereocenters. The quantitative estimate of drug-likeness (QED) is 0.669. The number of esters is 1. The van der Waals surface area contributed by atoms with Crippen molar-refractivity contribution in [1.29, 1.82) is 0 Å². The Morgan fingerprint density at radius 3 is 2.38 bits per heavy atom. The molecular weight excluding hydrogens is 410 g/mol. The molecule has 2 aromatic rings. The molecule has 0 spiro atoms. The van der Waals surface area contributed by atoms with Gasteiger partial charge in [0.05, 0.1) is 18.2 Å². The maximum absolute atomic E-state index is 12.5. The molecule has 32 heavy (non-hydrogen) atoms. The third-order valence-corrected chi connectivity index (χ3v) is 4.81. The van der Waals surface area contributed by atoms with Crippen LogP contribution >= 0.6 is 0 Å². The standard InChI is InChI=1S/C24H29N3O5/c1-24(2,3)32-23(30)17-6-8-18(9-7-17)26-22(29)20(25)14-16-4-10-19(11-5-16)27-12-13-31-15-21(27)28/h4-11,20H,12-15,25H2,1-3H3,(H,26,29)/t20-/m0/s1. The van der Waals surface area contributed by atoms with Crippen LogP contribution in [0.15, 0.2) is 48.5 Å². The first-order valence-corrected chi connectivity index (χ1v) is 10.5. The molecule has 170 valence electrons. The minimum absolute atomic E-state index is 0.0715. The highest BCUT2D eigenvalue weighted by Crippen LogP contribution is 2.19. The largest absolute Gasteiger partial charge is 0.456 e. The predicted molar refractivity (Wildman–Crippen MR) is 122 cm³/mol. The van der Waals surface area contributed by atoms with Gasteiger partial charge in [0.15, 0.2) is 0 Å². The van der Waals surface area contributed by atoms with E-state index in [2.05, 4.69) is 5.32 Å². The SMILES string of the molecule is CC(C)(C)OC(=O)c1ccc(NC(=O)[C@@H](N)Cc2ccc(N3CCOCC3=O)cc2)cc1. The number of ether oxygens (including phenoxy) is 2. The van der Waals surface area contributed by atoms with E-state index in [1.807, 2.05) is 24.3 Å². The number of nitrogens with two attached hydrogens (primary N) is 1. The van der Waals surface area contributed by atoms with Crippen LogP contribution in [0.5, 0.6) is 0 Å². The summed E-state index contributed by atoms with van der Waals surface area (Å²) in [6, 6.07) is 13.1. The van der Waals surface area contributed by atoms with Gasteiger partial charge in [-0.1, -0.05) is 12.1 Å². The summed E-state index contributed by atoms with van der Waals surface area (Å²) in [6.45, 7) is 6.53. The Labute approximate surface area is 187 Å². The lowest BCUT2D eigenvalue weighted by molar-refractivity contribution is -0.125. The number of carbonyl (C=O) groups excluding carboxylic acids is 3. The van der Waals surface area contributed by atoms with Crippen LogP contribution < -0.4 is 16.0 Å². The van der Waals surface area contributed by atoms with Crippen LogP contribution in [0.2, 0.25) is 0 Å². The van der Waals surface area contributed by atoms with Gasteiger partial charge in [0, 0.05) is 17.9 Å². The second kappa shape index (κ2) is 9.93. The molecule has 0 aromatic heterocycles. The van der Waals surface area contributed by atoms with Crippen LogP contribution in [0.25, 0.3) is 0 Å². The fourth-order valence-corrected chi connectivity index (χ4v) is 3.21. The Balaban J connectivity index is 1.54. The molecule has 1 heterocycles. The van der Waals surface area contributed by atoms with Crippen LogP contribution in [0, 0.1) is 0 Å². The molecule has 1 aliphatic heterocycles. The highest BCUT2D eigenvalue weighted by atomic mass is 16.6. The van der Waals surface area contributed by atoms with Gasteiger partial charge in [0.25, 0.3) is 5.91 Å². The third kappa shape index (κ3) is 6.38. The van der Waals surface area contributed by atoms with Gasteiger partial charge in [-0.15, -0.1) is 0 Å². The fraction of sp³-hybridized carbons (Fsp3) is 0.375. The van der Waals surface area contributed by atoms with Crippen molar-refractivity contribution >= 4 is 29.2 Å². The number of benzene rings is 2. The highest BCUT2D eigenvalue weighted by Gasteiger charge is 2.21. The molecule has 0 radical (unpaired) electrons. The lowest BCUT2D eigenvalue weighted by atomic mass is 10.0. The molecule has 3 rings (SSSR count). The first kappa shape index (κ1) is 23.4. The number of hydrogen-bond acceptors (Lipinski definition) is 6. The van der Waals surface area contributed by atoms with Crippen molar-refractivity contribution in [1.82, 2.24) is 0 Å². The van der Waals surface area contributed by atoms with Gasteiger partial charge >= 0.3 is 5.97 Å². The van der Waals surface area contributed by atoms with Crippen molar-refractivity contribution in [2.75, 3.05) is 30.0 Å². The molecule has 8 nitrogen and oxygen atoms in total. The first-order chi connectivity index (χ1) is 15.1. The van der Waals surface area contributed by atoms with E-state index >= 15 is 0 Å². The minimum atomic E-state index is -0.753. The van der Waals surface area contributed by atoms with Crippen LogP contribution in [-0.4, -0.2) is 49.2 Å². The maximum Gasteiger partial charge on any atom is 0.338 e. The van der Waals surface area contributed by atoms with Crippen molar-refractivity contribution in [3.8, 4) is 0 Å². The Bertz CT molecular complexity index is 965. The van der Waals surface area contributed by atoms with E-state index in [0.29, 0.717) is 30.8 Å². The molecule has 1 saturated heterocycles. The van der Waals surface area contributed by atoms with Gasteiger partial charge < -0.3 is 25.4 Å². The zero-order valence-electron chi connectivity index (χ0n) is 18.6. The van der Waals surface area contributed by atoms with Crippen molar-refractivity contribution in [2.24, 2.45) is 5.73 Å². The molecular formula is C24H29N3O5. The topological polar surface area (TPSA) is 111 Å². The number of hydrogen-bond donors (Lipinski definition) is 2. The lowest BCUT2D eigenvalue weighted by Crippen LogP contribution is -2.41. The third-order valence-electron chi connectivity index (χ3n) is 4.81. The highest BCUT2D eigenvalue weighted by molar-refractivity contribution is 5.96. The van der Waals surface area contributed by atoms with Crippen LogP contribution in [0.3, 0.4) is 0 Å². The molecule has 1 fully saturated rings. The van der Waals surface area contributed by atoms with E-state index in [4.69, 9.17) is 15.2 Å². The number of rotatable bonds is 6. The summed E-state index contributed by atoms with van der Waals surface area (Å²) in [5.41, 5.74) is 8.13. The van der Waals surface area contributed by atoms with E-state index in [-0.39, 0.29) is 18.4 Å². The van der Waals surface area contributed by atoms with Gasteiger partial charge in [-0.3, -0.25) is 9.59 Å². The van der Waals surface area contributed by atoms with E-state index in [1.165, 1.54) is 0 Å². The normalized spacial score (nSPS) is 15.2. The van der Waals surface area contributed by atoms with Crippen molar-refractivity contribution in [3.05, 3.63) is 59.7 Å². The average Bonchev–Trinajstić information content (AvgIpc) is 2.74. The Hall–Kier alpha value is -3.23. The van der Waals surface area contributed by atoms with Gasteiger partial charge in [-0.25, -0.2) is 4.79 Å². The Kier molecular flexibility index (Phi) is 7.27. The fourth-order valence-electron chi connectivity index (χ4n) is 3.21. The first-order valence-electron chi connectivity index (χ1n) is 10.5. The molecule has 2 aromatic carbocycles. The summed E-state index contributed by atoms with van der Waals surface area (Å²) in [5, 5.41) is 2.76. The number of nitrogens with one attached hydrogen (secondary N) is 1. The summed E-state index contributed by atoms with van der Waals surface area (Å²) in [5.74, 6) is -0.825. The predicted octanol–water partition coefficient (Wildman–Crippen LogP) is 2.51. The summed E-state index contributed by atoms with van der Waals surface area (Å²) in [6.07, 6.45) is 0.346. The molecule has 3 N–H and O–H groups in total. The number of anilines is 2. The monoisotopic (exact) mass is 439 g/mol. The van der Waals surface area contributed by atoms with Gasteiger partial charge in [0.1, 0.15) is 12.2 Å². The Morgan fingerprint density at radius 1 is 1.12 bits per heavy atom. The Morgan fingerprint density at radius 2 is 1.78 bits per heavy atom. The zero-order valence-corrected chi connectivity index (χ0v) is 18.6. The summed E-state index contributed by atoms with van der Waals surface area (Å²) in [4.78, 5) is 38.2. The molecule has 0 bridgehead atoms. The molecule has 1 aliphatic rings. The van der Waals surface area contributed by atoms with Crippen LogP contribution in [-0.2, 0) is 25.5 Å². The average molecular weight is 440 g/mol.